The largest absolute Gasteiger partial charge is 0.403 e. The monoisotopic (exact) mass is 248 g/mol. The molecule has 0 spiro atoms. The van der Waals surface area contributed by atoms with Gasteiger partial charge in [0.25, 0.3) is 0 Å². The van der Waals surface area contributed by atoms with E-state index in [-0.39, 0.29) is 12.3 Å². The van der Waals surface area contributed by atoms with E-state index >= 15 is 0 Å². The van der Waals surface area contributed by atoms with Crippen LogP contribution in [0.1, 0.15) is 32.6 Å². The lowest BCUT2D eigenvalue weighted by Gasteiger charge is -2.33. The third kappa shape index (κ3) is 2.59. The van der Waals surface area contributed by atoms with Crippen molar-refractivity contribution in [3.63, 3.8) is 0 Å². The van der Waals surface area contributed by atoms with E-state index in [0.717, 1.165) is 24.8 Å². The van der Waals surface area contributed by atoms with Crippen molar-refractivity contribution in [2.24, 2.45) is 17.6 Å². The first-order valence-electron chi connectivity index (χ1n) is 6.17. The van der Waals surface area contributed by atoms with Gasteiger partial charge in [0.05, 0.1) is 0 Å². The highest BCUT2D eigenvalue weighted by atomic mass is 19.4. The van der Waals surface area contributed by atoms with Gasteiger partial charge in [0.2, 0.25) is 0 Å². The van der Waals surface area contributed by atoms with Gasteiger partial charge < -0.3 is 11.1 Å². The Morgan fingerprint density at radius 2 is 2.18 bits per heavy atom. The lowest BCUT2D eigenvalue weighted by molar-refractivity contribution is -0.147. The Labute approximate surface area is 99.4 Å². The summed E-state index contributed by atoms with van der Waals surface area (Å²) < 4.78 is 37.3. The molecule has 3 N–H and O–H groups in total. The molecule has 0 saturated heterocycles. The van der Waals surface area contributed by atoms with Crippen LogP contribution in [-0.4, -0.2) is 18.3 Å². The van der Waals surface area contributed by atoms with Crippen LogP contribution < -0.4 is 11.1 Å². The standard InChI is InChI=1S/C12H19F3N2/c1-7-3-2-4-9-8(6-17-11(7)9)5-10(16)12(13,14)15/h6-7,9-11,17H,2-5,16H2,1H3. The summed E-state index contributed by atoms with van der Waals surface area (Å²) in [5.41, 5.74) is 6.05. The molecule has 2 aliphatic rings. The Morgan fingerprint density at radius 3 is 2.82 bits per heavy atom. The van der Waals surface area contributed by atoms with Crippen LogP contribution in [0.3, 0.4) is 0 Å². The second kappa shape index (κ2) is 4.52. The first-order chi connectivity index (χ1) is 7.89. The second-order valence-corrected chi connectivity index (χ2v) is 5.28. The van der Waals surface area contributed by atoms with Crippen molar-refractivity contribution in [2.45, 2.75) is 50.9 Å². The summed E-state index contributed by atoms with van der Waals surface area (Å²) in [6.07, 6.45) is 0.647. The van der Waals surface area contributed by atoms with E-state index in [1.54, 1.807) is 6.20 Å². The zero-order valence-corrected chi connectivity index (χ0v) is 9.93. The van der Waals surface area contributed by atoms with Crippen LogP contribution in [0.5, 0.6) is 0 Å². The van der Waals surface area contributed by atoms with Crippen LogP contribution >= 0.6 is 0 Å². The maximum absolute atomic E-state index is 12.4. The van der Waals surface area contributed by atoms with Crippen LogP contribution in [0.4, 0.5) is 13.2 Å². The van der Waals surface area contributed by atoms with E-state index in [2.05, 4.69) is 12.2 Å². The van der Waals surface area contributed by atoms with Crippen molar-refractivity contribution in [1.29, 1.82) is 0 Å². The number of nitrogens with two attached hydrogens (primary N) is 1. The van der Waals surface area contributed by atoms with Crippen LogP contribution in [0.2, 0.25) is 0 Å². The minimum Gasteiger partial charge on any atom is -0.387 e. The van der Waals surface area contributed by atoms with Gasteiger partial charge in [-0.25, -0.2) is 0 Å². The average molecular weight is 248 g/mol. The molecule has 1 heterocycles. The molecule has 1 aliphatic carbocycles. The molecule has 0 radical (unpaired) electrons. The molecule has 1 saturated carbocycles. The summed E-state index contributed by atoms with van der Waals surface area (Å²) in [6.45, 7) is 2.16. The quantitative estimate of drug-likeness (QED) is 0.788. The van der Waals surface area contributed by atoms with Gasteiger partial charge in [0.15, 0.2) is 0 Å². The SMILES string of the molecule is CC1CCCC2C(CC(N)C(F)(F)F)=CNC12. The summed E-state index contributed by atoms with van der Waals surface area (Å²) in [5.74, 6) is 0.789. The molecule has 1 fully saturated rings. The summed E-state index contributed by atoms with van der Waals surface area (Å²) in [5, 5.41) is 3.23. The number of fused-ring (bicyclic) bond motifs is 1. The first kappa shape index (κ1) is 12.7. The second-order valence-electron chi connectivity index (χ2n) is 5.28. The number of hydrogen-bond acceptors (Lipinski definition) is 2. The lowest BCUT2D eigenvalue weighted by atomic mass is 9.75. The van der Waals surface area contributed by atoms with Gasteiger partial charge in [-0.05, 0) is 37.0 Å². The predicted octanol–water partition coefficient (Wildman–Crippen LogP) is 2.56. The fourth-order valence-corrected chi connectivity index (χ4v) is 3.00. The van der Waals surface area contributed by atoms with E-state index in [4.69, 9.17) is 5.73 Å². The Bertz CT molecular complexity index is 311. The van der Waals surface area contributed by atoms with Gasteiger partial charge in [-0.3, -0.25) is 0 Å². The van der Waals surface area contributed by atoms with Crippen LogP contribution in [0, 0.1) is 11.8 Å². The molecule has 0 aromatic heterocycles. The normalized spacial score (nSPS) is 34.9. The maximum Gasteiger partial charge on any atom is 0.403 e. The van der Waals surface area contributed by atoms with Gasteiger partial charge in [-0.1, -0.05) is 13.3 Å². The molecule has 2 nitrogen and oxygen atoms in total. The fraction of sp³-hybridized carbons (Fsp3) is 0.833. The minimum absolute atomic E-state index is 0.0651. The fourth-order valence-electron chi connectivity index (χ4n) is 3.00. The van der Waals surface area contributed by atoms with E-state index < -0.39 is 12.2 Å². The molecule has 0 amide bonds. The van der Waals surface area contributed by atoms with Crippen molar-refractivity contribution in [3.8, 4) is 0 Å². The molecule has 17 heavy (non-hydrogen) atoms. The Kier molecular flexibility index (Phi) is 3.39. The molecule has 0 aromatic rings. The maximum atomic E-state index is 12.4. The van der Waals surface area contributed by atoms with Crippen LogP contribution in [0.25, 0.3) is 0 Å². The molecule has 2 rings (SSSR count). The summed E-state index contributed by atoms with van der Waals surface area (Å²) in [6, 6.07) is -1.41. The number of halogens is 3. The first-order valence-corrected chi connectivity index (χ1v) is 6.17. The summed E-state index contributed by atoms with van der Waals surface area (Å²) in [7, 11) is 0. The Morgan fingerprint density at radius 1 is 1.47 bits per heavy atom. The van der Waals surface area contributed by atoms with Gasteiger partial charge in [-0.15, -0.1) is 0 Å². The van der Waals surface area contributed by atoms with E-state index in [1.165, 1.54) is 0 Å². The van der Waals surface area contributed by atoms with Crippen molar-refractivity contribution in [3.05, 3.63) is 11.8 Å². The summed E-state index contributed by atoms with van der Waals surface area (Å²) >= 11 is 0. The highest BCUT2D eigenvalue weighted by Crippen LogP contribution is 2.39. The Balaban J connectivity index is 1.99. The molecule has 4 atom stereocenters. The minimum atomic E-state index is -4.29. The molecule has 98 valence electrons. The van der Waals surface area contributed by atoms with Gasteiger partial charge in [-0.2, -0.15) is 13.2 Å². The number of hydrogen-bond donors (Lipinski definition) is 2. The van der Waals surface area contributed by atoms with Crippen LogP contribution in [0.15, 0.2) is 11.8 Å². The highest BCUT2D eigenvalue weighted by molar-refractivity contribution is 5.19. The third-order valence-corrected chi connectivity index (χ3v) is 4.03. The number of rotatable bonds is 2. The zero-order chi connectivity index (χ0) is 12.6. The van der Waals surface area contributed by atoms with Gasteiger partial charge in [0.1, 0.15) is 6.04 Å². The van der Waals surface area contributed by atoms with Crippen molar-refractivity contribution < 1.29 is 13.2 Å². The Hall–Kier alpha value is -0.710. The molecule has 0 aromatic carbocycles. The molecule has 5 heteroatoms. The average Bonchev–Trinajstić information content (AvgIpc) is 2.62. The van der Waals surface area contributed by atoms with Gasteiger partial charge >= 0.3 is 6.18 Å². The third-order valence-electron chi connectivity index (χ3n) is 4.03. The van der Waals surface area contributed by atoms with Crippen molar-refractivity contribution in [1.82, 2.24) is 5.32 Å². The molecule has 4 unspecified atom stereocenters. The summed E-state index contributed by atoms with van der Waals surface area (Å²) in [4.78, 5) is 0. The topological polar surface area (TPSA) is 38.0 Å². The molecular weight excluding hydrogens is 229 g/mol. The highest BCUT2D eigenvalue weighted by Gasteiger charge is 2.41. The number of alkyl halides is 3. The predicted molar refractivity (Wildman–Crippen MR) is 60.2 cm³/mol. The molecular formula is C12H19F3N2. The lowest BCUT2D eigenvalue weighted by Crippen LogP contribution is -2.40. The molecule has 0 bridgehead atoms. The molecule has 1 aliphatic heterocycles. The smallest absolute Gasteiger partial charge is 0.387 e. The number of nitrogens with one attached hydrogen (secondary N) is 1. The van der Waals surface area contributed by atoms with E-state index in [1.807, 2.05) is 0 Å². The zero-order valence-electron chi connectivity index (χ0n) is 9.93. The van der Waals surface area contributed by atoms with E-state index in [9.17, 15) is 13.2 Å². The van der Waals surface area contributed by atoms with E-state index in [0.29, 0.717) is 12.0 Å². The van der Waals surface area contributed by atoms with Crippen molar-refractivity contribution in [2.75, 3.05) is 0 Å². The van der Waals surface area contributed by atoms with Crippen molar-refractivity contribution >= 4 is 0 Å². The van der Waals surface area contributed by atoms with Crippen LogP contribution in [-0.2, 0) is 0 Å². The van der Waals surface area contributed by atoms with Gasteiger partial charge in [0, 0.05) is 12.0 Å².